The van der Waals surface area contributed by atoms with Gasteiger partial charge in [-0.25, -0.2) is 0 Å². The molecule has 1 aliphatic heterocycles. The maximum atomic E-state index is 6.22. The highest BCUT2D eigenvalue weighted by Crippen LogP contribution is 2.47. The summed E-state index contributed by atoms with van der Waals surface area (Å²) in [6.45, 7) is 9.87. The molecule has 0 amide bonds. The molecule has 3 nitrogen and oxygen atoms in total. The van der Waals surface area contributed by atoms with Gasteiger partial charge in [0.1, 0.15) is 0 Å². The van der Waals surface area contributed by atoms with Gasteiger partial charge in [0.25, 0.3) is 0 Å². The van der Waals surface area contributed by atoms with Gasteiger partial charge in [-0.1, -0.05) is 24.3 Å². The first-order chi connectivity index (χ1) is 11.4. The van der Waals surface area contributed by atoms with Crippen LogP contribution in [0.15, 0.2) is 24.3 Å². The van der Waals surface area contributed by atoms with E-state index in [1.54, 1.807) is 11.1 Å². The zero-order chi connectivity index (χ0) is 17.3. The van der Waals surface area contributed by atoms with Crippen LogP contribution < -0.4 is 0 Å². The molecule has 24 heavy (non-hydrogen) atoms. The summed E-state index contributed by atoms with van der Waals surface area (Å²) >= 11 is 0. The maximum absolute atomic E-state index is 6.22. The number of benzene rings is 1. The topological polar surface area (TPSA) is 15.7 Å². The highest BCUT2D eigenvalue weighted by molar-refractivity contribution is 5.36. The molecule has 0 bridgehead atoms. The second-order valence-corrected chi connectivity index (χ2v) is 8.77. The van der Waals surface area contributed by atoms with E-state index in [0.29, 0.717) is 12.1 Å². The van der Waals surface area contributed by atoms with Crippen LogP contribution in [0.25, 0.3) is 0 Å². The zero-order valence-electron chi connectivity index (χ0n) is 16.1. The Bertz CT molecular complexity index is 545. The van der Waals surface area contributed by atoms with Crippen molar-refractivity contribution in [2.45, 2.75) is 63.6 Å². The van der Waals surface area contributed by atoms with E-state index < -0.39 is 0 Å². The minimum atomic E-state index is 0.168. The molecule has 0 radical (unpaired) electrons. The van der Waals surface area contributed by atoms with Gasteiger partial charge in [-0.3, -0.25) is 4.90 Å². The number of hydrogen-bond donors (Lipinski definition) is 0. The Hall–Kier alpha value is -0.900. The lowest BCUT2D eigenvalue weighted by atomic mass is 9.93. The van der Waals surface area contributed by atoms with Crippen LogP contribution in [0.1, 0.15) is 63.1 Å². The first kappa shape index (κ1) is 17.9. The third kappa shape index (κ3) is 4.19. The fraction of sp³-hybridized carbons (Fsp3) is 0.714. The van der Waals surface area contributed by atoms with E-state index in [0.717, 1.165) is 32.0 Å². The van der Waals surface area contributed by atoms with Crippen LogP contribution in [0.5, 0.6) is 0 Å². The van der Waals surface area contributed by atoms with E-state index in [-0.39, 0.29) is 5.54 Å². The van der Waals surface area contributed by atoms with Gasteiger partial charge in [0.15, 0.2) is 0 Å². The van der Waals surface area contributed by atoms with E-state index in [1.807, 2.05) is 0 Å². The predicted molar refractivity (Wildman–Crippen MR) is 101 cm³/mol. The summed E-state index contributed by atoms with van der Waals surface area (Å²) in [5.41, 5.74) is 3.31. The Kier molecular flexibility index (Phi) is 5.33. The molecule has 2 fully saturated rings. The maximum Gasteiger partial charge on any atom is 0.0721 e. The van der Waals surface area contributed by atoms with Gasteiger partial charge in [-0.15, -0.1) is 0 Å². The number of ether oxygens (including phenoxy) is 1. The molecule has 0 N–H and O–H groups in total. The molecule has 1 heterocycles. The van der Waals surface area contributed by atoms with Crippen molar-refractivity contribution in [3.8, 4) is 0 Å². The third-order valence-electron chi connectivity index (χ3n) is 5.39. The summed E-state index contributed by atoms with van der Waals surface area (Å²) < 4.78 is 6.22. The Morgan fingerprint density at radius 3 is 2.38 bits per heavy atom. The van der Waals surface area contributed by atoms with Crippen molar-refractivity contribution in [3.63, 3.8) is 0 Å². The summed E-state index contributed by atoms with van der Waals surface area (Å²) in [5.74, 6) is 0.803. The van der Waals surface area contributed by atoms with Crippen LogP contribution in [0.4, 0.5) is 0 Å². The molecule has 2 aliphatic rings. The lowest BCUT2D eigenvalue weighted by molar-refractivity contribution is 0.0401. The minimum absolute atomic E-state index is 0.168. The first-order valence-electron chi connectivity index (χ1n) is 9.48. The van der Waals surface area contributed by atoms with Crippen molar-refractivity contribution in [2.24, 2.45) is 0 Å². The molecule has 1 saturated carbocycles. The number of likely N-dealkylation sites (N-methyl/N-ethyl adjacent to an activating group) is 1. The summed E-state index contributed by atoms with van der Waals surface area (Å²) in [4.78, 5) is 4.85. The summed E-state index contributed by atoms with van der Waals surface area (Å²) in [5, 5.41) is 0. The van der Waals surface area contributed by atoms with Crippen molar-refractivity contribution < 1.29 is 4.74 Å². The Morgan fingerprint density at radius 2 is 1.79 bits per heavy atom. The average molecular weight is 331 g/mol. The molecule has 0 spiro atoms. The second-order valence-electron chi connectivity index (χ2n) is 8.77. The van der Waals surface area contributed by atoms with Crippen molar-refractivity contribution in [1.29, 1.82) is 0 Å². The predicted octanol–water partition coefficient (Wildman–Crippen LogP) is 4.06. The molecule has 2 atom stereocenters. The van der Waals surface area contributed by atoms with Crippen LogP contribution >= 0.6 is 0 Å². The van der Waals surface area contributed by atoms with Gasteiger partial charge in [0.05, 0.1) is 12.7 Å². The van der Waals surface area contributed by atoms with E-state index in [9.17, 15) is 0 Å². The quantitative estimate of drug-likeness (QED) is 0.782. The van der Waals surface area contributed by atoms with Crippen molar-refractivity contribution in [3.05, 3.63) is 35.4 Å². The molecule has 0 aromatic heterocycles. The molecule has 134 valence electrons. The largest absolute Gasteiger partial charge is 0.375 e. The normalized spacial score (nSPS) is 25.6. The number of hydrogen-bond acceptors (Lipinski definition) is 3. The first-order valence-corrected chi connectivity index (χ1v) is 9.48. The monoisotopic (exact) mass is 330 g/mol. The highest BCUT2D eigenvalue weighted by atomic mass is 16.5. The standard InChI is InChI=1S/C21H34N2O/c1-21(2,3)23-15-17(24-13-12-22(4)5)14-20(23)19-9-7-6-8-18(19)16-10-11-16/h6-9,16-17,20H,10-15H2,1-5H3. The zero-order valence-corrected chi connectivity index (χ0v) is 16.1. The number of rotatable bonds is 6. The SMILES string of the molecule is CN(C)CCOC1CC(c2ccccc2C2CC2)N(C(C)(C)C)C1. The second kappa shape index (κ2) is 7.15. The molecule has 3 rings (SSSR count). The van der Waals surface area contributed by atoms with Crippen molar-refractivity contribution in [1.82, 2.24) is 9.80 Å². The van der Waals surface area contributed by atoms with Gasteiger partial charge in [-0.05, 0) is 71.2 Å². The Labute approximate surface area is 148 Å². The molecule has 1 aromatic carbocycles. The van der Waals surface area contributed by atoms with Crippen molar-refractivity contribution in [2.75, 3.05) is 33.8 Å². The molecular formula is C21H34N2O. The smallest absolute Gasteiger partial charge is 0.0721 e. The fourth-order valence-electron chi connectivity index (χ4n) is 3.94. The molecule has 1 aliphatic carbocycles. The van der Waals surface area contributed by atoms with E-state index in [1.165, 1.54) is 12.8 Å². The van der Waals surface area contributed by atoms with E-state index in [4.69, 9.17) is 4.74 Å². The Morgan fingerprint density at radius 1 is 1.12 bits per heavy atom. The summed E-state index contributed by atoms with van der Waals surface area (Å²) in [7, 11) is 4.21. The van der Waals surface area contributed by atoms with Gasteiger partial charge >= 0.3 is 0 Å². The Balaban J connectivity index is 1.77. The highest BCUT2D eigenvalue weighted by Gasteiger charge is 2.41. The molecule has 3 heteroatoms. The summed E-state index contributed by atoms with van der Waals surface area (Å²) in [6, 6.07) is 9.62. The van der Waals surface area contributed by atoms with Crippen molar-refractivity contribution >= 4 is 0 Å². The van der Waals surface area contributed by atoms with Gasteiger partial charge in [0.2, 0.25) is 0 Å². The fourth-order valence-corrected chi connectivity index (χ4v) is 3.94. The lowest BCUT2D eigenvalue weighted by Crippen LogP contribution is -2.42. The van der Waals surface area contributed by atoms with Gasteiger partial charge < -0.3 is 9.64 Å². The lowest BCUT2D eigenvalue weighted by Gasteiger charge is -2.37. The molecule has 1 aromatic rings. The van der Waals surface area contributed by atoms with E-state index >= 15 is 0 Å². The average Bonchev–Trinajstić information content (AvgIpc) is 3.26. The van der Waals surface area contributed by atoms with Crippen LogP contribution in [0.3, 0.4) is 0 Å². The molecule has 2 unspecified atom stereocenters. The van der Waals surface area contributed by atoms with Crippen LogP contribution in [-0.4, -0.2) is 55.2 Å². The number of likely N-dealkylation sites (tertiary alicyclic amines) is 1. The number of nitrogens with zero attached hydrogens (tertiary/aromatic N) is 2. The van der Waals surface area contributed by atoms with Gasteiger partial charge in [0, 0.05) is 24.7 Å². The summed E-state index contributed by atoms with van der Waals surface area (Å²) in [6.07, 6.45) is 4.19. The van der Waals surface area contributed by atoms with Crippen LogP contribution in [0, 0.1) is 0 Å². The van der Waals surface area contributed by atoms with Crippen LogP contribution in [0.2, 0.25) is 0 Å². The van der Waals surface area contributed by atoms with Gasteiger partial charge in [-0.2, -0.15) is 0 Å². The molecular weight excluding hydrogens is 296 g/mol. The minimum Gasteiger partial charge on any atom is -0.375 e. The van der Waals surface area contributed by atoms with E-state index in [2.05, 4.69) is 68.9 Å². The van der Waals surface area contributed by atoms with Crippen LogP contribution in [-0.2, 0) is 4.74 Å². The molecule has 1 saturated heterocycles. The third-order valence-corrected chi connectivity index (χ3v) is 5.39.